The summed E-state index contributed by atoms with van der Waals surface area (Å²) in [6, 6.07) is 10.1. The van der Waals surface area contributed by atoms with Crippen LogP contribution in [-0.4, -0.2) is 20.8 Å². The summed E-state index contributed by atoms with van der Waals surface area (Å²) in [5.74, 6) is 0. The molecule has 0 unspecified atom stereocenters. The van der Waals surface area contributed by atoms with E-state index in [0.717, 1.165) is 23.2 Å². The van der Waals surface area contributed by atoms with E-state index in [1.165, 1.54) is 0 Å². The van der Waals surface area contributed by atoms with Crippen molar-refractivity contribution in [2.24, 2.45) is 0 Å². The highest BCUT2D eigenvalue weighted by Gasteiger charge is 2.21. The van der Waals surface area contributed by atoms with Crippen molar-refractivity contribution in [1.82, 2.24) is 14.5 Å². The fraction of sp³-hybridized carbons (Fsp3) is 0.188. The molecule has 4 heteroatoms. The van der Waals surface area contributed by atoms with Crippen LogP contribution in [0.15, 0.2) is 42.7 Å². The minimum atomic E-state index is 0.193. The Kier molecular flexibility index (Phi) is 3.06. The van der Waals surface area contributed by atoms with Gasteiger partial charge in [0.1, 0.15) is 5.52 Å². The molecule has 0 amide bonds. The van der Waals surface area contributed by atoms with Gasteiger partial charge in [-0.3, -0.25) is 9.78 Å². The van der Waals surface area contributed by atoms with E-state index < -0.39 is 0 Å². The van der Waals surface area contributed by atoms with Gasteiger partial charge in [-0.2, -0.15) is 0 Å². The zero-order valence-electron chi connectivity index (χ0n) is 11.4. The van der Waals surface area contributed by atoms with Gasteiger partial charge >= 0.3 is 0 Å². The van der Waals surface area contributed by atoms with Crippen LogP contribution in [0, 0.1) is 0 Å². The van der Waals surface area contributed by atoms with Crippen molar-refractivity contribution in [3.8, 4) is 11.3 Å². The molecule has 3 aromatic rings. The molecule has 0 bridgehead atoms. The first-order valence-electron chi connectivity index (χ1n) is 6.59. The van der Waals surface area contributed by atoms with Crippen molar-refractivity contribution in [2.45, 2.75) is 19.9 Å². The van der Waals surface area contributed by atoms with Gasteiger partial charge in [-0.1, -0.05) is 30.3 Å². The Bertz CT molecular complexity index is 760. The minimum Gasteiger partial charge on any atom is -0.321 e. The molecule has 0 spiro atoms. The van der Waals surface area contributed by atoms with Gasteiger partial charge in [0.25, 0.3) is 0 Å². The molecule has 0 aliphatic rings. The molecule has 0 N–H and O–H groups in total. The molecule has 0 saturated carbocycles. The summed E-state index contributed by atoms with van der Waals surface area (Å²) in [4.78, 5) is 20.3. The van der Waals surface area contributed by atoms with E-state index in [9.17, 15) is 4.79 Å². The largest absolute Gasteiger partial charge is 0.321 e. The van der Waals surface area contributed by atoms with E-state index in [0.29, 0.717) is 11.1 Å². The Balaban J connectivity index is 2.46. The SMILES string of the molecule is CC(C)n1c(-c2ccccc2)c(C=O)c2nccnc21. The lowest BCUT2D eigenvalue weighted by Crippen LogP contribution is -2.04. The molecule has 0 atom stereocenters. The maximum Gasteiger partial charge on any atom is 0.160 e. The molecular weight excluding hydrogens is 250 g/mol. The molecule has 0 fully saturated rings. The Morgan fingerprint density at radius 1 is 1.10 bits per heavy atom. The molecule has 2 aromatic heterocycles. The number of fused-ring (bicyclic) bond motifs is 1. The van der Waals surface area contributed by atoms with Gasteiger partial charge in [0.15, 0.2) is 11.9 Å². The summed E-state index contributed by atoms with van der Waals surface area (Å²) in [5, 5.41) is 0. The van der Waals surface area contributed by atoms with Crippen molar-refractivity contribution in [3.05, 3.63) is 48.3 Å². The molecule has 4 nitrogen and oxygen atoms in total. The van der Waals surface area contributed by atoms with Gasteiger partial charge in [-0.25, -0.2) is 4.98 Å². The first-order valence-corrected chi connectivity index (χ1v) is 6.59. The van der Waals surface area contributed by atoms with E-state index in [1.807, 2.05) is 30.3 Å². The van der Waals surface area contributed by atoms with E-state index in [-0.39, 0.29) is 6.04 Å². The lowest BCUT2D eigenvalue weighted by atomic mass is 10.1. The van der Waals surface area contributed by atoms with Crippen LogP contribution >= 0.6 is 0 Å². The second kappa shape index (κ2) is 4.89. The second-order valence-corrected chi connectivity index (χ2v) is 4.94. The van der Waals surface area contributed by atoms with Gasteiger partial charge in [-0.15, -0.1) is 0 Å². The summed E-state index contributed by atoms with van der Waals surface area (Å²) in [5.41, 5.74) is 3.91. The maximum absolute atomic E-state index is 11.6. The molecule has 2 heterocycles. The third-order valence-electron chi connectivity index (χ3n) is 3.34. The Hall–Kier alpha value is -2.49. The van der Waals surface area contributed by atoms with Crippen LogP contribution in [0.25, 0.3) is 22.4 Å². The van der Waals surface area contributed by atoms with Gasteiger partial charge in [0.2, 0.25) is 0 Å². The van der Waals surface area contributed by atoms with Crippen LogP contribution in [0.1, 0.15) is 30.2 Å². The number of nitrogens with zero attached hydrogens (tertiary/aromatic N) is 3. The van der Waals surface area contributed by atoms with Crippen LogP contribution in [-0.2, 0) is 0 Å². The Morgan fingerprint density at radius 2 is 1.80 bits per heavy atom. The van der Waals surface area contributed by atoms with Crippen LogP contribution in [0.2, 0.25) is 0 Å². The zero-order chi connectivity index (χ0) is 14.1. The summed E-state index contributed by atoms with van der Waals surface area (Å²) in [6.45, 7) is 4.16. The topological polar surface area (TPSA) is 47.8 Å². The van der Waals surface area contributed by atoms with Crippen molar-refractivity contribution in [1.29, 1.82) is 0 Å². The monoisotopic (exact) mass is 265 g/mol. The average molecular weight is 265 g/mol. The van der Waals surface area contributed by atoms with Gasteiger partial charge in [0.05, 0.1) is 11.3 Å². The smallest absolute Gasteiger partial charge is 0.160 e. The summed E-state index contributed by atoms with van der Waals surface area (Å²) >= 11 is 0. The first kappa shape index (κ1) is 12.5. The highest BCUT2D eigenvalue weighted by Crippen LogP contribution is 2.33. The molecular formula is C16H15N3O. The number of carbonyl (C=O) groups excluding carboxylic acids is 1. The molecule has 0 aliphatic carbocycles. The minimum absolute atomic E-state index is 0.193. The van der Waals surface area contributed by atoms with Gasteiger partial charge in [-0.05, 0) is 19.4 Å². The van der Waals surface area contributed by atoms with Crippen molar-refractivity contribution in [3.63, 3.8) is 0 Å². The molecule has 0 saturated heterocycles. The normalized spacial score (nSPS) is 11.2. The van der Waals surface area contributed by atoms with Crippen LogP contribution < -0.4 is 0 Å². The van der Waals surface area contributed by atoms with Crippen molar-refractivity contribution < 1.29 is 4.79 Å². The summed E-state index contributed by atoms with van der Waals surface area (Å²) in [7, 11) is 0. The quantitative estimate of drug-likeness (QED) is 0.681. The van der Waals surface area contributed by atoms with Crippen LogP contribution in [0.4, 0.5) is 0 Å². The molecule has 0 radical (unpaired) electrons. The molecule has 1 aromatic carbocycles. The highest BCUT2D eigenvalue weighted by atomic mass is 16.1. The predicted octanol–water partition coefficient (Wildman–Crippen LogP) is 3.49. The number of aromatic nitrogens is 3. The van der Waals surface area contributed by atoms with Gasteiger partial charge in [0, 0.05) is 18.4 Å². The number of hydrogen-bond acceptors (Lipinski definition) is 3. The third kappa shape index (κ3) is 1.81. The lowest BCUT2D eigenvalue weighted by Gasteiger charge is -2.14. The van der Waals surface area contributed by atoms with E-state index in [4.69, 9.17) is 0 Å². The fourth-order valence-electron chi connectivity index (χ4n) is 2.55. The van der Waals surface area contributed by atoms with Crippen molar-refractivity contribution in [2.75, 3.05) is 0 Å². The average Bonchev–Trinajstić information content (AvgIpc) is 2.82. The van der Waals surface area contributed by atoms with Crippen molar-refractivity contribution >= 4 is 17.5 Å². The number of hydrogen-bond donors (Lipinski definition) is 0. The molecule has 100 valence electrons. The fourth-order valence-corrected chi connectivity index (χ4v) is 2.55. The third-order valence-corrected chi connectivity index (χ3v) is 3.34. The van der Waals surface area contributed by atoms with Gasteiger partial charge < -0.3 is 4.57 Å². The summed E-state index contributed by atoms with van der Waals surface area (Å²) in [6.07, 6.45) is 4.15. The predicted molar refractivity (Wildman–Crippen MR) is 78.7 cm³/mol. The van der Waals surface area contributed by atoms with E-state index in [1.54, 1.807) is 12.4 Å². The second-order valence-electron chi connectivity index (χ2n) is 4.94. The number of benzene rings is 1. The van der Waals surface area contributed by atoms with E-state index in [2.05, 4.69) is 28.4 Å². The van der Waals surface area contributed by atoms with Crippen LogP contribution in [0.3, 0.4) is 0 Å². The Labute approximate surface area is 117 Å². The zero-order valence-corrected chi connectivity index (χ0v) is 11.4. The summed E-state index contributed by atoms with van der Waals surface area (Å²) < 4.78 is 2.07. The Morgan fingerprint density at radius 3 is 2.45 bits per heavy atom. The number of rotatable bonds is 3. The number of carbonyl (C=O) groups is 1. The first-order chi connectivity index (χ1) is 9.74. The lowest BCUT2D eigenvalue weighted by molar-refractivity contribution is 0.112. The van der Waals surface area contributed by atoms with E-state index >= 15 is 0 Å². The molecule has 3 rings (SSSR count). The highest BCUT2D eigenvalue weighted by molar-refractivity contribution is 6.01. The molecule has 20 heavy (non-hydrogen) atoms. The van der Waals surface area contributed by atoms with Crippen LogP contribution in [0.5, 0.6) is 0 Å². The standard InChI is InChI=1S/C16H15N3O/c1-11(2)19-15(12-6-4-3-5-7-12)13(10-20)14-16(19)18-9-8-17-14/h3-11H,1-2H3. The maximum atomic E-state index is 11.6. The number of aldehydes is 1. The molecule has 0 aliphatic heterocycles.